The van der Waals surface area contributed by atoms with Gasteiger partial charge >= 0.3 is 11.9 Å². The predicted octanol–water partition coefficient (Wildman–Crippen LogP) is 4.92. The maximum atomic E-state index is 11.8. The van der Waals surface area contributed by atoms with Crippen molar-refractivity contribution in [3.63, 3.8) is 0 Å². The molecule has 0 spiro atoms. The molecule has 2 radical (unpaired) electrons. The molecule has 172 valence electrons. The summed E-state index contributed by atoms with van der Waals surface area (Å²) < 4.78 is 0. The Balaban J connectivity index is -0.00000392. The van der Waals surface area contributed by atoms with E-state index in [0.717, 1.165) is 19.3 Å². The van der Waals surface area contributed by atoms with E-state index in [9.17, 15) is 14.4 Å². The number of carbonyl (C=O) groups excluding carboxylic acids is 1. The van der Waals surface area contributed by atoms with E-state index in [1.54, 1.807) is 0 Å². The zero-order valence-corrected chi connectivity index (χ0v) is 24.4. The fourth-order valence-corrected chi connectivity index (χ4v) is 3.45. The molecular weight excluding hydrogens is 416 g/mol. The van der Waals surface area contributed by atoms with Crippen LogP contribution in [0.1, 0.15) is 122 Å². The second-order valence-corrected chi connectivity index (χ2v) is 8.09. The molecule has 0 aliphatic heterocycles. The molecular formula is C23H43NNa2O5. The molecule has 8 heteroatoms. The molecule has 0 aromatic carbocycles. The average Bonchev–Trinajstić information content (AvgIpc) is 2.67. The molecule has 0 bridgehead atoms. The Morgan fingerprint density at radius 1 is 0.645 bits per heavy atom. The standard InChI is InChI=1S/C23H43NO5.2Na/c1-2-3-4-5-6-7-8-9-10-11-12-13-14-15-16-17-21(25)24-20(23(28)29)18-19-22(26)27;;/h20H,2-19H2,1H3,(H,24,25)(H,26,27)(H,28,29);;/t20-;;/m0../s1. The average molecular weight is 460 g/mol. The van der Waals surface area contributed by atoms with Crippen LogP contribution in [0.25, 0.3) is 0 Å². The van der Waals surface area contributed by atoms with Crippen molar-refractivity contribution in [3.05, 3.63) is 0 Å². The number of carbonyl (C=O) groups is 3. The summed E-state index contributed by atoms with van der Waals surface area (Å²) in [6.07, 6.45) is 18.8. The summed E-state index contributed by atoms with van der Waals surface area (Å²) in [5.41, 5.74) is 0. The molecule has 0 aromatic rings. The van der Waals surface area contributed by atoms with Gasteiger partial charge in [0.25, 0.3) is 0 Å². The Morgan fingerprint density at radius 3 is 1.39 bits per heavy atom. The zero-order chi connectivity index (χ0) is 21.7. The number of hydrogen-bond acceptors (Lipinski definition) is 3. The number of amides is 1. The minimum Gasteiger partial charge on any atom is -0.481 e. The molecule has 0 aliphatic rings. The summed E-state index contributed by atoms with van der Waals surface area (Å²) in [6, 6.07) is -1.12. The van der Waals surface area contributed by atoms with E-state index >= 15 is 0 Å². The summed E-state index contributed by atoms with van der Waals surface area (Å²) in [5.74, 6) is -2.55. The first-order valence-corrected chi connectivity index (χ1v) is 11.7. The predicted molar refractivity (Wildman–Crippen MR) is 127 cm³/mol. The van der Waals surface area contributed by atoms with Gasteiger partial charge in [0, 0.05) is 72.0 Å². The molecule has 0 saturated heterocycles. The van der Waals surface area contributed by atoms with Crippen LogP contribution >= 0.6 is 0 Å². The van der Waals surface area contributed by atoms with Crippen molar-refractivity contribution in [3.8, 4) is 0 Å². The fraction of sp³-hybridized carbons (Fsp3) is 0.870. The Bertz CT molecular complexity index is 450. The molecule has 1 amide bonds. The Hall–Kier alpha value is 0.410. The fourth-order valence-electron chi connectivity index (χ4n) is 3.45. The molecule has 0 saturated carbocycles. The smallest absolute Gasteiger partial charge is 0.326 e. The van der Waals surface area contributed by atoms with Gasteiger partial charge in [-0.25, -0.2) is 4.79 Å². The van der Waals surface area contributed by atoms with E-state index in [0.29, 0.717) is 6.42 Å². The van der Waals surface area contributed by atoms with Crippen LogP contribution in [0.3, 0.4) is 0 Å². The number of hydrogen-bond donors (Lipinski definition) is 3. The number of aliphatic carboxylic acids is 2. The molecule has 6 nitrogen and oxygen atoms in total. The second-order valence-electron chi connectivity index (χ2n) is 8.09. The summed E-state index contributed by atoms with van der Waals surface area (Å²) in [5, 5.41) is 20.1. The minimum atomic E-state index is -1.18. The van der Waals surface area contributed by atoms with Crippen molar-refractivity contribution >= 4 is 77.0 Å². The van der Waals surface area contributed by atoms with Crippen LogP contribution in [0.5, 0.6) is 0 Å². The maximum absolute atomic E-state index is 11.8. The van der Waals surface area contributed by atoms with E-state index in [2.05, 4.69) is 12.2 Å². The Morgan fingerprint density at radius 2 is 1.03 bits per heavy atom. The first-order valence-electron chi connectivity index (χ1n) is 11.7. The Kier molecular flexibility index (Phi) is 31.0. The van der Waals surface area contributed by atoms with Crippen LogP contribution in [0.15, 0.2) is 0 Å². The number of unbranched alkanes of at least 4 members (excludes halogenated alkanes) is 14. The largest absolute Gasteiger partial charge is 0.481 e. The normalized spacial score (nSPS) is 11.1. The molecule has 0 fully saturated rings. The molecule has 0 aromatic heterocycles. The van der Waals surface area contributed by atoms with Gasteiger partial charge in [0.05, 0.1) is 0 Å². The topological polar surface area (TPSA) is 104 Å². The minimum absolute atomic E-state index is 0. The van der Waals surface area contributed by atoms with Crippen molar-refractivity contribution in [1.82, 2.24) is 5.32 Å². The molecule has 0 aliphatic carbocycles. The van der Waals surface area contributed by atoms with Crippen molar-refractivity contribution < 1.29 is 24.6 Å². The van der Waals surface area contributed by atoms with E-state index < -0.39 is 18.0 Å². The van der Waals surface area contributed by atoms with Crippen molar-refractivity contribution in [2.75, 3.05) is 0 Å². The van der Waals surface area contributed by atoms with E-state index in [1.165, 1.54) is 77.0 Å². The van der Waals surface area contributed by atoms with Crippen LogP contribution in [0.4, 0.5) is 0 Å². The SMILES string of the molecule is CCCCCCCCCCCCCCCCCC(=O)N[C@@H](CCC(=O)O)C(=O)O.[Na].[Na]. The van der Waals surface area contributed by atoms with Gasteiger partial charge < -0.3 is 15.5 Å². The van der Waals surface area contributed by atoms with Gasteiger partial charge in [0.2, 0.25) is 5.91 Å². The van der Waals surface area contributed by atoms with Crippen LogP contribution in [-0.2, 0) is 14.4 Å². The number of carboxylic acids is 2. The van der Waals surface area contributed by atoms with Gasteiger partial charge in [-0.1, -0.05) is 96.8 Å². The summed E-state index contributed by atoms with van der Waals surface area (Å²) in [7, 11) is 0. The molecule has 31 heavy (non-hydrogen) atoms. The van der Waals surface area contributed by atoms with Crippen molar-refractivity contribution in [1.29, 1.82) is 0 Å². The summed E-state index contributed by atoms with van der Waals surface area (Å²) >= 11 is 0. The van der Waals surface area contributed by atoms with Crippen molar-refractivity contribution in [2.24, 2.45) is 0 Å². The first-order chi connectivity index (χ1) is 14.0. The Labute approximate surface area is 233 Å². The number of rotatable bonds is 21. The third kappa shape index (κ3) is 26.5. The molecule has 3 N–H and O–H groups in total. The first kappa shape index (κ1) is 36.0. The van der Waals surface area contributed by atoms with Crippen LogP contribution < -0.4 is 5.32 Å². The van der Waals surface area contributed by atoms with E-state index in [1.807, 2.05) is 0 Å². The summed E-state index contributed by atoms with van der Waals surface area (Å²) in [4.78, 5) is 33.4. The molecule has 1 atom stereocenters. The summed E-state index contributed by atoms with van der Waals surface area (Å²) in [6.45, 7) is 2.25. The van der Waals surface area contributed by atoms with Gasteiger partial charge in [0.1, 0.15) is 6.04 Å². The second kappa shape index (κ2) is 26.7. The molecule has 0 rings (SSSR count). The third-order valence-corrected chi connectivity index (χ3v) is 5.29. The van der Waals surface area contributed by atoms with E-state index in [-0.39, 0.29) is 77.9 Å². The van der Waals surface area contributed by atoms with Gasteiger partial charge in [-0.15, -0.1) is 0 Å². The van der Waals surface area contributed by atoms with Gasteiger partial charge in [0.15, 0.2) is 0 Å². The molecule has 0 heterocycles. The van der Waals surface area contributed by atoms with Crippen LogP contribution in [0.2, 0.25) is 0 Å². The van der Waals surface area contributed by atoms with Crippen LogP contribution in [0, 0.1) is 0 Å². The van der Waals surface area contributed by atoms with E-state index in [4.69, 9.17) is 10.2 Å². The monoisotopic (exact) mass is 459 g/mol. The van der Waals surface area contributed by atoms with Gasteiger partial charge in [-0.2, -0.15) is 0 Å². The van der Waals surface area contributed by atoms with Crippen molar-refractivity contribution in [2.45, 2.75) is 129 Å². The number of carboxylic acid groups (broad SMARTS) is 2. The third-order valence-electron chi connectivity index (χ3n) is 5.29. The van der Waals surface area contributed by atoms with Gasteiger partial charge in [-0.05, 0) is 12.8 Å². The zero-order valence-electron chi connectivity index (χ0n) is 20.4. The quantitative estimate of drug-likeness (QED) is 0.167. The molecule has 0 unspecified atom stereocenters. The maximum Gasteiger partial charge on any atom is 0.326 e. The number of nitrogens with one attached hydrogen (secondary N) is 1. The van der Waals surface area contributed by atoms with Gasteiger partial charge in [-0.3, -0.25) is 9.59 Å². The van der Waals surface area contributed by atoms with Crippen LogP contribution in [-0.4, -0.2) is 93.2 Å².